The van der Waals surface area contributed by atoms with Crippen molar-refractivity contribution in [2.75, 3.05) is 0 Å². The summed E-state index contributed by atoms with van der Waals surface area (Å²) >= 11 is 0. The van der Waals surface area contributed by atoms with Crippen LogP contribution in [0.1, 0.15) is 32.1 Å². The van der Waals surface area contributed by atoms with Gasteiger partial charge in [-0.15, -0.1) is 6.58 Å². The van der Waals surface area contributed by atoms with Gasteiger partial charge >= 0.3 is 5.63 Å². The van der Waals surface area contributed by atoms with Gasteiger partial charge in [0.25, 0.3) is 0 Å². The Morgan fingerprint density at radius 2 is 1.91 bits per heavy atom. The van der Waals surface area contributed by atoms with Crippen molar-refractivity contribution in [3.05, 3.63) is 59.2 Å². The molecule has 0 spiro atoms. The molecule has 0 radical (unpaired) electrons. The molecule has 1 N–H and O–H groups in total. The fraction of sp³-hybridized carbons (Fsp3) is 0.211. The number of furan rings is 1. The number of hydrogen-bond acceptors (Lipinski definition) is 4. The average Bonchev–Trinajstić information content (AvgIpc) is 2.93. The molecule has 0 saturated carbocycles. The van der Waals surface area contributed by atoms with Crippen LogP contribution in [0.15, 0.2) is 51.1 Å². The van der Waals surface area contributed by atoms with Crippen molar-refractivity contribution in [3.63, 3.8) is 0 Å². The van der Waals surface area contributed by atoms with E-state index < -0.39 is 11.0 Å². The second-order valence-electron chi connectivity index (χ2n) is 6.28. The molecule has 4 heteroatoms. The smallest absolute Gasteiger partial charge is 0.336 e. The molecule has 0 aliphatic heterocycles. The Kier molecular flexibility index (Phi) is 3.22. The highest BCUT2D eigenvalue weighted by Crippen LogP contribution is 2.45. The summed E-state index contributed by atoms with van der Waals surface area (Å²) in [4.78, 5) is 11.7. The van der Waals surface area contributed by atoms with Crippen molar-refractivity contribution < 1.29 is 13.9 Å². The molecule has 0 atom stereocenters. The van der Waals surface area contributed by atoms with Gasteiger partial charge in [0.1, 0.15) is 22.7 Å². The molecule has 3 rings (SSSR count). The number of benzene rings is 1. The Hall–Kier alpha value is -2.75. The van der Waals surface area contributed by atoms with Gasteiger partial charge in [-0.1, -0.05) is 26.5 Å². The lowest BCUT2D eigenvalue weighted by molar-refractivity contribution is 0.456. The minimum absolute atomic E-state index is 0.0306. The Labute approximate surface area is 133 Å². The lowest BCUT2D eigenvalue weighted by atomic mass is 9.82. The topological polar surface area (TPSA) is 63.6 Å². The van der Waals surface area contributed by atoms with Gasteiger partial charge in [0.05, 0.1) is 10.8 Å². The summed E-state index contributed by atoms with van der Waals surface area (Å²) in [5.41, 5.74) is 0.980. The van der Waals surface area contributed by atoms with Crippen LogP contribution in [0.25, 0.3) is 27.5 Å². The highest BCUT2D eigenvalue weighted by atomic mass is 16.4. The maximum atomic E-state index is 11.7. The highest BCUT2D eigenvalue weighted by molar-refractivity contribution is 6.08. The van der Waals surface area contributed by atoms with Gasteiger partial charge in [-0.25, -0.2) is 4.79 Å². The molecule has 0 aliphatic rings. The first-order chi connectivity index (χ1) is 10.8. The Morgan fingerprint density at radius 1 is 1.22 bits per heavy atom. The molecule has 3 aromatic rings. The van der Waals surface area contributed by atoms with E-state index in [1.54, 1.807) is 18.2 Å². The summed E-state index contributed by atoms with van der Waals surface area (Å²) in [5, 5.41) is 12.0. The summed E-state index contributed by atoms with van der Waals surface area (Å²) in [7, 11) is 0. The third kappa shape index (κ3) is 2.18. The van der Waals surface area contributed by atoms with Gasteiger partial charge in [-0.3, -0.25) is 0 Å². The number of rotatable bonds is 3. The molecule has 0 saturated heterocycles. The van der Waals surface area contributed by atoms with Gasteiger partial charge < -0.3 is 13.9 Å². The zero-order valence-corrected chi connectivity index (χ0v) is 13.4. The number of allylic oxidation sites excluding steroid dienone is 2. The van der Waals surface area contributed by atoms with Crippen LogP contribution in [-0.2, 0) is 5.41 Å². The third-order valence-electron chi connectivity index (χ3n) is 4.10. The number of aromatic hydroxyl groups is 1. The van der Waals surface area contributed by atoms with Crippen LogP contribution in [0.3, 0.4) is 0 Å². The van der Waals surface area contributed by atoms with E-state index in [4.69, 9.17) is 8.83 Å². The first-order valence-corrected chi connectivity index (χ1v) is 7.28. The Bertz CT molecular complexity index is 1020. The van der Waals surface area contributed by atoms with E-state index in [9.17, 15) is 9.90 Å². The molecule has 23 heavy (non-hydrogen) atoms. The van der Waals surface area contributed by atoms with Crippen molar-refractivity contribution >= 4 is 27.5 Å². The molecule has 4 nitrogen and oxygen atoms in total. The standard InChI is InChI=1S/C19H18O4/c1-6-19(4,5)15-16(21)12-9-13(10(2)3)22-17(12)11-7-8-14(20)23-18(11)15/h6-9,21H,1-2H2,3-5H3. The summed E-state index contributed by atoms with van der Waals surface area (Å²) in [6.45, 7) is 13.3. The molecule has 0 aliphatic carbocycles. The van der Waals surface area contributed by atoms with E-state index in [1.807, 2.05) is 20.8 Å². The lowest BCUT2D eigenvalue weighted by Gasteiger charge is -2.22. The molecule has 1 aromatic carbocycles. The number of hydrogen-bond donors (Lipinski definition) is 1. The van der Waals surface area contributed by atoms with Crippen LogP contribution in [0.5, 0.6) is 5.75 Å². The molecule has 2 aromatic heterocycles. The maximum absolute atomic E-state index is 11.7. The van der Waals surface area contributed by atoms with Crippen LogP contribution in [0.4, 0.5) is 0 Å². The molecular formula is C19H18O4. The molecule has 0 fully saturated rings. The van der Waals surface area contributed by atoms with Gasteiger partial charge in [-0.2, -0.15) is 0 Å². The van der Waals surface area contributed by atoms with Gasteiger partial charge in [0.2, 0.25) is 0 Å². The van der Waals surface area contributed by atoms with Crippen molar-refractivity contribution in [1.82, 2.24) is 0 Å². The first-order valence-electron chi connectivity index (χ1n) is 7.28. The predicted octanol–water partition coefficient (Wildman–Crippen LogP) is 4.74. The summed E-state index contributed by atoms with van der Waals surface area (Å²) in [5.74, 6) is 0.611. The minimum Gasteiger partial charge on any atom is -0.507 e. The lowest BCUT2D eigenvalue weighted by Crippen LogP contribution is -2.15. The fourth-order valence-corrected chi connectivity index (χ4v) is 2.70. The molecule has 2 heterocycles. The molecule has 0 amide bonds. The summed E-state index contributed by atoms with van der Waals surface area (Å²) in [6, 6.07) is 4.74. The maximum Gasteiger partial charge on any atom is 0.336 e. The Morgan fingerprint density at radius 3 is 2.52 bits per heavy atom. The number of phenolic OH excluding ortho intramolecular Hbond substituents is 1. The average molecular weight is 310 g/mol. The van der Waals surface area contributed by atoms with Crippen molar-refractivity contribution in [3.8, 4) is 5.75 Å². The van der Waals surface area contributed by atoms with Crippen LogP contribution < -0.4 is 5.63 Å². The first kappa shape index (κ1) is 15.2. The molecule has 0 unspecified atom stereocenters. The van der Waals surface area contributed by atoms with Gasteiger partial charge in [-0.05, 0) is 24.6 Å². The monoisotopic (exact) mass is 310 g/mol. The highest BCUT2D eigenvalue weighted by Gasteiger charge is 2.29. The van der Waals surface area contributed by atoms with Crippen LogP contribution in [0, 0.1) is 0 Å². The van der Waals surface area contributed by atoms with Crippen molar-refractivity contribution in [2.45, 2.75) is 26.2 Å². The van der Waals surface area contributed by atoms with E-state index in [1.165, 1.54) is 6.07 Å². The zero-order valence-electron chi connectivity index (χ0n) is 13.4. The molecular weight excluding hydrogens is 292 g/mol. The quantitative estimate of drug-likeness (QED) is 0.560. The van der Waals surface area contributed by atoms with Crippen LogP contribution >= 0.6 is 0 Å². The molecule has 118 valence electrons. The third-order valence-corrected chi connectivity index (χ3v) is 4.10. The predicted molar refractivity (Wildman–Crippen MR) is 91.9 cm³/mol. The normalized spacial score (nSPS) is 12.0. The van der Waals surface area contributed by atoms with E-state index in [2.05, 4.69) is 13.2 Å². The van der Waals surface area contributed by atoms with E-state index >= 15 is 0 Å². The van der Waals surface area contributed by atoms with Gasteiger partial charge in [0, 0.05) is 17.0 Å². The summed E-state index contributed by atoms with van der Waals surface area (Å²) in [6.07, 6.45) is 1.71. The second kappa shape index (κ2) is 4.88. The van der Waals surface area contributed by atoms with Crippen molar-refractivity contribution in [1.29, 1.82) is 0 Å². The largest absolute Gasteiger partial charge is 0.507 e. The SMILES string of the molecule is C=CC(C)(C)c1c(O)c2cc(C(=C)C)oc2c2ccc(=O)oc12. The minimum atomic E-state index is -0.589. The molecule has 0 bridgehead atoms. The zero-order chi connectivity index (χ0) is 16.9. The van der Waals surface area contributed by atoms with E-state index in [0.717, 1.165) is 5.57 Å². The Balaban J connectivity index is 2.61. The van der Waals surface area contributed by atoms with E-state index in [-0.39, 0.29) is 5.75 Å². The van der Waals surface area contributed by atoms with Crippen molar-refractivity contribution in [2.24, 2.45) is 0 Å². The number of phenols is 1. The fourth-order valence-electron chi connectivity index (χ4n) is 2.70. The summed E-state index contributed by atoms with van der Waals surface area (Å²) < 4.78 is 11.2. The van der Waals surface area contributed by atoms with Crippen LogP contribution in [0.2, 0.25) is 0 Å². The number of fused-ring (bicyclic) bond motifs is 3. The van der Waals surface area contributed by atoms with E-state index in [0.29, 0.717) is 33.3 Å². The van der Waals surface area contributed by atoms with Crippen LogP contribution in [-0.4, -0.2) is 5.11 Å². The van der Waals surface area contributed by atoms with Gasteiger partial charge in [0.15, 0.2) is 0 Å². The second-order valence-corrected chi connectivity index (χ2v) is 6.28.